The maximum absolute atomic E-state index is 12.4. The number of aryl methyl sites for hydroxylation is 2. The van der Waals surface area contributed by atoms with Crippen molar-refractivity contribution >= 4 is 11.6 Å². The first kappa shape index (κ1) is 15.0. The lowest BCUT2D eigenvalue weighted by Crippen LogP contribution is -2.15. The average Bonchev–Trinajstić information content (AvgIpc) is 2.90. The van der Waals surface area contributed by atoms with E-state index < -0.39 is 12.5 Å². The summed E-state index contributed by atoms with van der Waals surface area (Å²) in [6.45, 7) is 1.36. The Morgan fingerprint density at radius 2 is 2.19 bits per heavy atom. The number of nitrogens with zero attached hydrogens (tertiary/aromatic N) is 2. The zero-order valence-corrected chi connectivity index (χ0v) is 11.6. The van der Waals surface area contributed by atoms with Crippen LogP contribution in [0.25, 0.3) is 0 Å². The number of benzene rings is 1. The molecule has 0 saturated heterocycles. The van der Waals surface area contributed by atoms with Gasteiger partial charge < -0.3 is 10.1 Å². The molecule has 7 heteroatoms. The first-order valence-corrected chi connectivity index (χ1v) is 6.40. The monoisotopic (exact) mass is 295 g/mol. The standard InChI is InChI=1S/C14H15F2N3O2/c1-3-19-7-6-10(18-19)13(20)17-11-8-9(2)4-5-12(11)21-14(15)16/h4-8,14H,3H2,1-2H3,(H,17,20). The first-order chi connectivity index (χ1) is 9.99. The Hall–Kier alpha value is -2.44. The number of halogens is 2. The maximum Gasteiger partial charge on any atom is 0.387 e. The van der Waals surface area contributed by atoms with E-state index in [1.165, 1.54) is 6.07 Å². The van der Waals surface area contributed by atoms with Crippen molar-refractivity contribution in [3.63, 3.8) is 0 Å². The Labute approximate surface area is 120 Å². The van der Waals surface area contributed by atoms with E-state index in [-0.39, 0.29) is 17.1 Å². The molecule has 1 heterocycles. The highest BCUT2D eigenvalue weighted by molar-refractivity contribution is 6.03. The Morgan fingerprint density at radius 1 is 1.43 bits per heavy atom. The largest absolute Gasteiger partial charge is 0.433 e. The van der Waals surface area contributed by atoms with Crippen LogP contribution in [-0.2, 0) is 6.54 Å². The normalized spacial score (nSPS) is 10.7. The molecule has 0 radical (unpaired) electrons. The van der Waals surface area contributed by atoms with Crippen LogP contribution < -0.4 is 10.1 Å². The van der Waals surface area contributed by atoms with E-state index in [0.717, 1.165) is 5.56 Å². The van der Waals surface area contributed by atoms with Crippen molar-refractivity contribution in [2.24, 2.45) is 0 Å². The molecule has 2 aromatic rings. The van der Waals surface area contributed by atoms with E-state index in [0.29, 0.717) is 6.54 Å². The fraction of sp³-hybridized carbons (Fsp3) is 0.286. The molecule has 1 aromatic heterocycles. The van der Waals surface area contributed by atoms with Crippen LogP contribution in [0.3, 0.4) is 0 Å². The van der Waals surface area contributed by atoms with Crippen LogP contribution in [0.4, 0.5) is 14.5 Å². The molecule has 0 aliphatic rings. The summed E-state index contributed by atoms with van der Waals surface area (Å²) in [5.74, 6) is -0.564. The average molecular weight is 295 g/mol. The highest BCUT2D eigenvalue weighted by Gasteiger charge is 2.15. The summed E-state index contributed by atoms with van der Waals surface area (Å²) in [6, 6.07) is 6.13. The third-order valence-corrected chi connectivity index (χ3v) is 2.80. The number of amides is 1. The molecule has 0 saturated carbocycles. The van der Waals surface area contributed by atoms with Crippen LogP contribution in [0.5, 0.6) is 5.75 Å². The van der Waals surface area contributed by atoms with Crippen LogP contribution in [0.1, 0.15) is 23.0 Å². The number of hydrogen-bond donors (Lipinski definition) is 1. The molecule has 0 fully saturated rings. The van der Waals surface area contributed by atoms with Gasteiger partial charge in [0, 0.05) is 12.7 Å². The zero-order valence-electron chi connectivity index (χ0n) is 11.6. The van der Waals surface area contributed by atoms with E-state index in [9.17, 15) is 13.6 Å². The number of hydrogen-bond acceptors (Lipinski definition) is 3. The SMILES string of the molecule is CCn1ccc(C(=O)Nc2cc(C)ccc2OC(F)F)n1. The van der Waals surface area contributed by atoms with Gasteiger partial charge in [-0.25, -0.2) is 0 Å². The number of aromatic nitrogens is 2. The van der Waals surface area contributed by atoms with Crippen LogP contribution in [0.2, 0.25) is 0 Å². The zero-order chi connectivity index (χ0) is 15.4. The number of anilines is 1. The van der Waals surface area contributed by atoms with Gasteiger partial charge in [0.15, 0.2) is 5.69 Å². The van der Waals surface area contributed by atoms with Gasteiger partial charge in [-0.05, 0) is 37.6 Å². The van der Waals surface area contributed by atoms with E-state index in [1.807, 2.05) is 6.92 Å². The molecule has 1 aromatic carbocycles. The van der Waals surface area contributed by atoms with Crippen molar-refractivity contribution in [1.29, 1.82) is 0 Å². The molecular weight excluding hydrogens is 280 g/mol. The summed E-state index contributed by atoms with van der Waals surface area (Å²) < 4.78 is 30.7. The Kier molecular flexibility index (Phi) is 4.52. The summed E-state index contributed by atoms with van der Waals surface area (Å²) in [6.07, 6.45) is 1.67. The van der Waals surface area contributed by atoms with Crippen molar-refractivity contribution < 1.29 is 18.3 Å². The first-order valence-electron chi connectivity index (χ1n) is 6.40. The number of rotatable bonds is 5. The van der Waals surface area contributed by atoms with E-state index in [4.69, 9.17) is 0 Å². The molecule has 0 aliphatic heterocycles. The highest BCUT2D eigenvalue weighted by Crippen LogP contribution is 2.27. The number of ether oxygens (including phenoxy) is 1. The Balaban J connectivity index is 2.21. The lowest BCUT2D eigenvalue weighted by molar-refractivity contribution is -0.0493. The molecule has 0 bridgehead atoms. The molecule has 1 amide bonds. The van der Waals surface area contributed by atoms with Crippen LogP contribution in [0, 0.1) is 6.92 Å². The number of nitrogens with one attached hydrogen (secondary N) is 1. The second-order valence-electron chi connectivity index (χ2n) is 4.39. The quantitative estimate of drug-likeness (QED) is 0.922. The topological polar surface area (TPSA) is 56.2 Å². The summed E-state index contributed by atoms with van der Waals surface area (Å²) in [5.41, 5.74) is 1.21. The maximum atomic E-state index is 12.4. The minimum atomic E-state index is -2.96. The third-order valence-electron chi connectivity index (χ3n) is 2.80. The van der Waals surface area contributed by atoms with Gasteiger partial charge in [0.1, 0.15) is 5.75 Å². The van der Waals surface area contributed by atoms with Gasteiger partial charge in [0.05, 0.1) is 5.69 Å². The molecule has 0 spiro atoms. The Morgan fingerprint density at radius 3 is 2.81 bits per heavy atom. The molecule has 112 valence electrons. The molecule has 0 aliphatic carbocycles. The van der Waals surface area contributed by atoms with E-state index in [2.05, 4.69) is 15.2 Å². The predicted molar refractivity (Wildman–Crippen MR) is 73.7 cm³/mol. The lowest BCUT2D eigenvalue weighted by atomic mass is 10.2. The van der Waals surface area contributed by atoms with Crippen molar-refractivity contribution in [3.05, 3.63) is 41.7 Å². The van der Waals surface area contributed by atoms with Gasteiger partial charge in [0.2, 0.25) is 0 Å². The second-order valence-corrected chi connectivity index (χ2v) is 4.39. The number of alkyl halides is 2. The Bertz CT molecular complexity index is 641. The molecule has 21 heavy (non-hydrogen) atoms. The van der Waals surface area contributed by atoms with Gasteiger partial charge in [0.25, 0.3) is 5.91 Å². The fourth-order valence-corrected chi connectivity index (χ4v) is 1.79. The van der Waals surface area contributed by atoms with E-state index >= 15 is 0 Å². The summed E-state index contributed by atoms with van der Waals surface area (Å²) >= 11 is 0. The summed E-state index contributed by atoms with van der Waals surface area (Å²) in [5, 5.41) is 6.59. The number of carbonyl (C=O) groups is 1. The van der Waals surface area contributed by atoms with Crippen molar-refractivity contribution in [1.82, 2.24) is 9.78 Å². The minimum Gasteiger partial charge on any atom is -0.433 e. The molecule has 2 rings (SSSR count). The van der Waals surface area contributed by atoms with Crippen LogP contribution in [-0.4, -0.2) is 22.3 Å². The third kappa shape index (κ3) is 3.77. The molecule has 1 N–H and O–H groups in total. The molecule has 0 atom stereocenters. The molecule has 0 unspecified atom stereocenters. The van der Waals surface area contributed by atoms with Gasteiger partial charge >= 0.3 is 6.61 Å². The molecular formula is C14H15F2N3O2. The highest BCUT2D eigenvalue weighted by atomic mass is 19.3. The molecule has 5 nitrogen and oxygen atoms in total. The van der Waals surface area contributed by atoms with Gasteiger partial charge in [-0.3, -0.25) is 9.48 Å². The fourth-order valence-electron chi connectivity index (χ4n) is 1.79. The van der Waals surface area contributed by atoms with Crippen LogP contribution >= 0.6 is 0 Å². The van der Waals surface area contributed by atoms with Crippen molar-refractivity contribution in [3.8, 4) is 5.75 Å². The van der Waals surface area contributed by atoms with E-state index in [1.54, 1.807) is 36.0 Å². The number of carbonyl (C=O) groups excluding carboxylic acids is 1. The van der Waals surface area contributed by atoms with Gasteiger partial charge in [-0.1, -0.05) is 6.07 Å². The second kappa shape index (κ2) is 6.34. The summed E-state index contributed by atoms with van der Waals surface area (Å²) in [4.78, 5) is 12.1. The van der Waals surface area contributed by atoms with Gasteiger partial charge in [-0.15, -0.1) is 0 Å². The summed E-state index contributed by atoms with van der Waals surface area (Å²) in [7, 11) is 0. The lowest BCUT2D eigenvalue weighted by Gasteiger charge is -2.12. The van der Waals surface area contributed by atoms with Crippen molar-refractivity contribution in [2.45, 2.75) is 27.0 Å². The van der Waals surface area contributed by atoms with Crippen molar-refractivity contribution in [2.75, 3.05) is 5.32 Å². The predicted octanol–water partition coefficient (Wildman–Crippen LogP) is 3.07. The minimum absolute atomic E-state index is 0.0844. The van der Waals surface area contributed by atoms with Crippen LogP contribution in [0.15, 0.2) is 30.5 Å². The smallest absolute Gasteiger partial charge is 0.387 e. The van der Waals surface area contributed by atoms with Gasteiger partial charge in [-0.2, -0.15) is 13.9 Å².